The summed E-state index contributed by atoms with van der Waals surface area (Å²) in [7, 11) is 11.2. The minimum Gasteiger partial charge on any atom is -0.480 e. The molecular formula is C70H73N13O8. The molecule has 0 bridgehead atoms. The third-order valence-electron chi connectivity index (χ3n) is 16.3. The number of carbonyl (C=O) groups is 5. The lowest BCUT2D eigenvalue weighted by Crippen LogP contribution is -2.47. The maximum absolute atomic E-state index is 13.8. The third-order valence-corrected chi connectivity index (χ3v) is 16.3. The molecule has 3 unspecified atom stereocenters. The number of anilines is 4. The van der Waals surface area contributed by atoms with E-state index in [4.69, 9.17) is 25.3 Å². The molecule has 0 aliphatic carbocycles. The van der Waals surface area contributed by atoms with Crippen molar-refractivity contribution in [2.24, 2.45) is 0 Å². The number of nitrogens with one attached hydrogen (secondary N) is 4. The number of carboxylic acids is 1. The molecule has 5 atom stereocenters. The Labute approximate surface area is 525 Å². The second kappa shape index (κ2) is 27.0. The molecule has 0 saturated carbocycles. The number of carboxylic acid groups (broad SMARTS) is 1. The van der Waals surface area contributed by atoms with Crippen LogP contribution in [0.5, 0.6) is 0 Å². The molecule has 9 N–H and O–H groups in total. The Hall–Kier alpha value is -10.6. The van der Waals surface area contributed by atoms with Gasteiger partial charge in [0.1, 0.15) is 52.6 Å². The number of amides is 4. The van der Waals surface area contributed by atoms with E-state index in [1.807, 2.05) is 203 Å². The van der Waals surface area contributed by atoms with Gasteiger partial charge in [0.05, 0.1) is 0 Å². The first-order valence-corrected chi connectivity index (χ1v) is 30.1. The van der Waals surface area contributed by atoms with Gasteiger partial charge in [-0.05, 0) is 170 Å². The monoisotopic (exact) mass is 1220 g/mol. The van der Waals surface area contributed by atoms with E-state index >= 15 is 0 Å². The van der Waals surface area contributed by atoms with Crippen LogP contribution in [0, 0.1) is 0 Å². The maximum atomic E-state index is 13.8. The summed E-state index contributed by atoms with van der Waals surface area (Å²) in [6.45, 7) is 1.06. The zero-order valence-electron chi connectivity index (χ0n) is 51.5. The highest BCUT2D eigenvalue weighted by molar-refractivity contribution is 6.01. The predicted octanol–water partition coefficient (Wildman–Crippen LogP) is 11.0. The third kappa shape index (κ3) is 13.8. The lowest BCUT2D eigenvalue weighted by molar-refractivity contribution is -0.150. The van der Waals surface area contributed by atoms with Crippen LogP contribution in [0.25, 0.3) is 67.2 Å². The standard InChI is InChI=1S/C40H41N7O4.C15H12N4O.C15H20N2O3/c1-45(2)35(25-12-7-5-8-13-25)38(49)42-29-18-20-34-31(24-29)44-39(51-34)32-23-27-22-28(17-19-30(27)43-32)41-37(48)33-16-11-21-47(33)40(50)36(46(3)4)26-14-9-6-10-15-26;16-9-1-3-11-8(5-9)6-13(18-11)15-19-12-7-10(17)2-4-14(12)20-15;1-16(2)13(11-7-4-3-5-8-11)14(18)17-10-6-9-12(17)15(19)20/h5-10,12-15,17-20,22-24,33,35-36,43H,11,16,21H2,1-4H3,(H,41,48)(H,42,49);1-7,18H,16-17H2;3-5,7-8,12-13H,6,9-10H2,1-2H3,(H,19,20)/t33-,35?,36?;;12-,13?/m0.0/s1. The Kier molecular flexibility index (Phi) is 18.4. The van der Waals surface area contributed by atoms with Gasteiger partial charge in [0.2, 0.25) is 35.4 Å². The molecule has 4 aromatic heterocycles. The highest BCUT2D eigenvalue weighted by Gasteiger charge is 2.40. The lowest BCUT2D eigenvalue weighted by Gasteiger charge is -2.31. The fourth-order valence-corrected chi connectivity index (χ4v) is 12.0. The average Bonchev–Trinajstić information content (AvgIpc) is 2.57. The van der Waals surface area contributed by atoms with E-state index in [1.54, 1.807) is 35.2 Å². The van der Waals surface area contributed by atoms with Crippen molar-refractivity contribution in [3.05, 3.63) is 193 Å². The second-order valence-corrected chi connectivity index (χ2v) is 23.5. The van der Waals surface area contributed by atoms with Crippen molar-refractivity contribution in [2.45, 2.75) is 55.9 Å². The molecule has 2 aliphatic rings. The van der Waals surface area contributed by atoms with E-state index in [1.165, 1.54) is 4.90 Å². The van der Waals surface area contributed by atoms with Crippen molar-refractivity contribution in [2.75, 3.05) is 77.5 Å². The van der Waals surface area contributed by atoms with Gasteiger partial charge in [-0.15, -0.1) is 0 Å². The average molecular weight is 1220 g/mol. The minimum atomic E-state index is -0.915. The minimum absolute atomic E-state index is 0.0765. The number of nitrogens with zero attached hydrogens (tertiary/aromatic N) is 7. The van der Waals surface area contributed by atoms with Gasteiger partial charge in [0.25, 0.3) is 0 Å². The number of benzene rings is 7. The number of hydrogen-bond acceptors (Lipinski definition) is 14. The first kappa shape index (κ1) is 62.0. The van der Waals surface area contributed by atoms with Crippen molar-refractivity contribution < 1.29 is 37.9 Å². The van der Waals surface area contributed by atoms with Gasteiger partial charge in [-0.25, -0.2) is 14.8 Å². The van der Waals surface area contributed by atoms with Crippen LogP contribution in [0.3, 0.4) is 0 Å². The van der Waals surface area contributed by atoms with Crippen LogP contribution in [0.2, 0.25) is 0 Å². The van der Waals surface area contributed by atoms with Crippen molar-refractivity contribution in [1.82, 2.24) is 44.4 Å². The van der Waals surface area contributed by atoms with Crippen LogP contribution in [0.4, 0.5) is 22.7 Å². The molecule has 0 spiro atoms. The predicted molar refractivity (Wildman–Crippen MR) is 354 cm³/mol. The molecule has 2 fully saturated rings. The molecule has 6 heterocycles. The Morgan fingerprint density at radius 2 is 0.945 bits per heavy atom. The number of rotatable bonds is 15. The Balaban J connectivity index is 0.000000172. The summed E-state index contributed by atoms with van der Waals surface area (Å²) in [5, 5.41) is 17.2. The zero-order valence-corrected chi connectivity index (χ0v) is 51.5. The van der Waals surface area contributed by atoms with Crippen LogP contribution in [0.15, 0.2) is 185 Å². The lowest BCUT2D eigenvalue weighted by atomic mass is 10.0. The number of aromatic amines is 2. The number of likely N-dealkylation sites (N-methyl/N-ethyl adjacent to an activating group) is 3. The van der Waals surface area contributed by atoms with E-state index in [-0.39, 0.29) is 23.6 Å². The summed E-state index contributed by atoms with van der Waals surface area (Å²) < 4.78 is 11.8. The van der Waals surface area contributed by atoms with Gasteiger partial charge in [-0.2, -0.15) is 0 Å². The molecule has 466 valence electrons. The Morgan fingerprint density at radius 1 is 0.516 bits per heavy atom. The molecule has 13 rings (SSSR count). The number of aromatic nitrogens is 4. The highest BCUT2D eigenvalue weighted by Crippen LogP contribution is 2.34. The van der Waals surface area contributed by atoms with Crippen LogP contribution in [0.1, 0.15) is 60.5 Å². The molecule has 21 heteroatoms. The second-order valence-electron chi connectivity index (χ2n) is 23.5. The van der Waals surface area contributed by atoms with Crippen LogP contribution in [-0.4, -0.2) is 147 Å². The number of oxazole rings is 2. The number of hydrogen-bond donors (Lipinski definition) is 7. The number of aliphatic carboxylic acids is 1. The van der Waals surface area contributed by atoms with Gasteiger partial charge in [0.15, 0.2) is 11.2 Å². The number of likely N-dealkylation sites (tertiary alicyclic amines) is 2. The first-order valence-electron chi connectivity index (χ1n) is 30.1. The molecule has 7 aromatic carbocycles. The summed E-state index contributed by atoms with van der Waals surface area (Å²) in [4.78, 5) is 89.2. The summed E-state index contributed by atoms with van der Waals surface area (Å²) >= 11 is 0. The number of fused-ring (bicyclic) bond motifs is 4. The summed E-state index contributed by atoms with van der Waals surface area (Å²) in [6.07, 6.45) is 2.66. The van der Waals surface area contributed by atoms with Gasteiger partial charge in [-0.3, -0.25) is 33.9 Å². The van der Waals surface area contributed by atoms with Gasteiger partial charge in [0, 0.05) is 57.6 Å². The summed E-state index contributed by atoms with van der Waals surface area (Å²) in [5.41, 5.74) is 22.9. The summed E-state index contributed by atoms with van der Waals surface area (Å²) in [6, 6.07) is 52.2. The summed E-state index contributed by atoms with van der Waals surface area (Å²) in [5.74, 6) is -0.533. The smallest absolute Gasteiger partial charge is 0.326 e. The van der Waals surface area contributed by atoms with Crippen molar-refractivity contribution >= 4 is 96.4 Å². The Morgan fingerprint density at radius 3 is 1.47 bits per heavy atom. The molecule has 4 amide bonds. The van der Waals surface area contributed by atoms with Crippen molar-refractivity contribution in [3.8, 4) is 23.2 Å². The maximum Gasteiger partial charge on any atom is 0.326 e. The largest absolute Gasteiger partial charge is 0.480 e. The van der Waals surface area contributed by atoms with E-state index in [0.717, 1.165) is 68.2 Å². The fraction of sp³-hybridized carbons (Fsp3) is 0.243. The molecule has 21 nitrogen and oxygen atoms in total. The van der Waals surface area contributed by atoms with E-state index in [0.29, 0.717) is 77.2 Å². The van der Waals surface area contributed by atoms with E-state index in [2.05, 4.69) is 25.6 Å². The highest BCUT2D eigenvalue weighted by atomic mass is 16.4. The molecule has 0 radical (unpaired) electrons. The number of nitrogen functional groups attached to an aromatic ring is 2. The van der Waals surface area contributed by atoms with Crippen molar-refractivity contribution in [3.63, 3.8) is 0 Å². The molecular weight excluding hydrogens is 1150 g/mol. The van der Waals surface area contributed by atoms with Crippen molar-refractivity contribution in [1.29, 1.82) is 0 Å². The normalized spacial score (nSPS) is 15.8. The molecule has 91 heavy (non-hydrogen) atoms. The van der Waals surface area contributed by atoms with Crippen LogP contribution in [-0.2, 0) is 24.0 Å². The molecule has 2 saturated heterocycles. The van der Waals surface area contributed by atoms with Gasteiger partial charge >= 0.3 is 5.97 Å². The Bertz CT molecular complexity index is 4330. The fourth-order valence-electron chi connectivity index (χ4n) is 12.0. The molecule has 11 aromatic rings. The van der Waals surface area contributed by atoms with E-state index < -0.39 is 36.2 Å². The number of carbonyl (C=O) groups excluding carboxylic acids is 4. The first-order chi connectivity index (χ1) is 43.9. The molecule has 2 aliphatic heterocycles. The van der Waals surface area contributed by atoms with Crippen LogP contribution < -0.4 is 22.1 Å². The number of nitrogens with two attached hydrogens (primary N) is 2. The van der Waals surface area contributed by atoms with Gasteiger partial charge in [-0.1, -0.05) is 91.0 Å². The quantitative estimate of drug-likeness (QED) is 0.0470. The van der Waals surface area contributed by atoms with Gasteiger partial charge < -0.3 is 55.8 Å². The SMILES string of the molecule is CN(C)C(C(=O)N1CCC[C@H]1C(=O)O)c1ccccc1.CN(C)C(C(=O)Nc1ccc2oc(-c3cc4cc(NC(=O)[C@@H]5CCCN5C(=O)C(c5ccccc5)N(C)C)ccc4[nH]3)nc2c1)c1ccccc1.Nc1ccc2[nH]c(-c3nc4cc(N)ccc4o3)cc2c1. The number of H-pyrrole nitrogens is 2. The van der Waals surface area contributed by atoms with E-state index in [9.17, 15) is 29.1 Å². The van der Waals surface area contributed by atoms with Crippen LogP contribution >= 0.6 is 0 Å². The topological polar surface area (TPSA) is 282 Å². The zero-order chi connectivity index (χ0) is 64.0.